The number of hydrogen-bond donors (Lipinski definition) is 0. The molecule has 142 valence electrons. The van der Waals surface area contributed by atoms with Crippen molar-refractivity contribution >= 4 is 0 Å². The lowest BCUT2D eigenvalue weighted by molar-refractivity contribution is -0.0956. The predicted octanol–water partition coefficient (Wildman–Crippen LogP) is 7.48. The Bertz CT molecular complexity index is 695. The minimum atomic E-state index is 0.467. The molecule has 6 unspecified atom stereocenters. The summed E-state index contributed by atoms with van der Waals surface area (Å²) in [5.41, 5.74) is 6.35. The van der Waals surface area contributed by atoms with Crippen molar-refractivity contribution in [1.82, 2.24) is 0 Å². The molecule has 0 amide bonds. The summed E-state index contributed by atoms with van der Waals surface area (Å²) in [6.45, 7) is 16.6. The highest BCUT2D eigenvalue weighted by Gasteiger charge is 2.65. The highest BCUT2D eigenvalue weighted by atomic mass is 14.7. The van der Waals surface area contributed by atoms with Gasteiger partial charge in [-0.05, 0) is 104 Å². The van der Waals surface area contributed by atoms with Crippen LogP contribution in [0, 0.1) is 39.9 Å². The summed E-state index contributed by atoms with van der Waals surface area (Å²) in [5.74, 6) is 3.69. The van der Waals surface area contributed by atoms with Gasteiger partial charge in [-0.3, -0.25) is 0 Å². The van der Waals surface area contributed by atoms with Gasteiger partial charge in [0, 0.05) is 0 Å². The molecule has 5 aliphatic carbocycles. The van der Waals surface area contributed by atoms with E-state index in [1.54, 1.807) is 11.1 Å². The van der Waals surface area contributed by atoms with Crippen LogP contribution in [0.4, 0.5) is 0 Å². The number of hydrogen-bond acceptors (Lipinski definition) is 0. The van der Waals surface area contributed by atoms with E-state index in [9.17, 15) is 0 Å². The molecule has 0 N–H and O–H groups in total. The van der Waals surface area contributed by atoms with E-state index in [0.29, 0.717) is 16.2 Å². The van der Waals surface area contributed by atoms with Crippen molar-refractivity contribution < 1.29 is 0 Å². The summed E-state index contributed by atoms with van der Waals surface area (Å²) in [5, 5.41) is 0. The first-order chi connectivity index (χ1) is 12.3. The topological polar surface area (TPSA) is 0 Å². The molecule has 7 atom stereocenters. The van der Waals surface area contributed by atoms with Crippen LogP contribution in [0.25, 0.3) is 0 Å². The molecule has 0 heterocycles. The fourth-order valence-corrected chi connectivity index (χ4v) is 9.00. The molecule has 0 heteroatoms. The van der Waals surface area contributed by atoms with E-state index in [0.717, 1.165) is 23.7 Å². The molecule has 0 aromatic rings. The van der Waals surface area contributed by atoms with Crippen LogP contribution in [0.3, 0.4) is 0 Å². The first kappa shape index (κ1) is 17.3. The molecule has 5 aliphatic rings. The average Bonchev–Trinajstić information content (AvgIpc) is 3.11. The highest BCUT2D eigenvalue weighted by Crippen LogP contribution is 2.74. The van der Waals surface area contributed by atoms with Crippen molar-refractivity contribution in [3.8, 4) is 0 Å². The summed E-state index contributed by atoms with van der Waals surface area (Å²) < 4.78 is 0. The minimum absolute atomic E-state index is 0.467. The maximum absolute atomic E-state index is 4.39. The van der Waals surface area contributed by atoms with Gasteiger partial charge in [0.1, 0.15) is 0 Å². The Morgan fingerprint density at radius 2 is 1.73 bits per heavy atom. The van der Waals surface area contributed by atoms with Gasteiger partial charge in [0.15, 0.2) is 0 Å². The molecule has 0 saturated heterocycles. The first-order valence-corrected chi connectivity index (χ1v) is 11.3. The van der Waals surface area contributed by atoms with Crippen LogP contribution in [0.5, 0.6) is 0 Å². The zero-order valence-corrected chi connectivity index (χ0v) is 17.4. The molecule has 0 aromatic heterocycles. The van der Waals surface area contributed by atoms with Crippen LogP contribution >= 0.6 is 0 Å². The maximum atomic E-state index is 4.39. The standard InChI is InChI=1S/C26H38/c1-17-6-10-24(4)20(14-17)15-19(3)23-21(24)8-11-25(5)22(23)9-13-26(25)12-7-18(2)16-26/h14,19,21-23H,1-2,6-13,15-16H2,3-5H3/t19?,21?,22?,23?,24?,25?,26-/m1/s1. The molecular weight excluding hydrogens is 312 g/mol. The van der Waals surface area contributed by atoms with Gasteiger partial charge in [-0.1, -0.05) is 56.7 Å². The van der Waals surface area contributed by atoms with Crippen LogP contribution < -0.4 is 0 Å². The largest absolute Gasteiger partial charge is 0.0998 e. The molecule has 0 aromatic carbocycles. The molecule has 1 spiro atoms. The second-order valence-electron chi connectivity index (χ2n) is 11.4. The molecule has 0 radical (unpaired) electrons. The van der Waals surface area contributed by atoms with Crippen molar-refractivity contribution in [3.05, 3.63) is 36.0 Å². The van der Waals surface area contributed by atoms with Crippen LogP contribution in [-0.4, -0.2) is 0 Å². The Morgan fingerprint density at radius 3 is 2.46 bits per heavy atom. The van der Waals surface area contributed by atoms with E-state index in [1.807, 2.05) is 0 Å². The Balaban J connectivity index is 1.53. The fourth-order valence-electron chi connectivity index (χ4n) is 9.00. The van der Waals surface area contributed by atoms with Crippen LogP contribution in [0.15, 0.2) is 36.0 Å². The van der Waals surface area contributed by atoms with Crippen LogP contribution in [-0.2, 0) is 0 Å². The van der Waals surface area contributed by atoms with E-state index >= 15 is 0 Å². The lowest BCUT2D eigenvalue weighted by Gasteiger charge is -2.61. The average molecular weight is 351 g/mol. The smallest absolute Gasteiger partial charge is 0.00788 e. The zero-order chi connectivity index (χ0) is 18.3. The summed E-state index contributed by atoms with van der Waals surface area (Å²) in [7, 11) is 0. The first-order valence-electron chi connectivity index (χ1n) is 11.3. The lowest BCUT2D eigenvalue weighted by atomic mass is 9.43. The second kappa shape index (κ2) is 5.39. The third kappa shape index (κ3) is 2.03. The number of fused-ring (bicyclic) bond motifs is 6. The molecule has 0 nitrogen and oxygen atoms in total. The van der Waals surface area contributed by atoms with Gasteiger partial charge in [-0.25, -0.2) is 0 Å². The SMILES string of the molecule is C=C1C=C2CC(C)C3C(CCC4(C)C3CC[C@@]43CCC(=C)C3)C2(C)CC1. The molecule has 4 fully saturated rings. The van der Waals surface area contributed by atoms with Gasteiger partial charge in [0.05, 0.1) is 0 Å². The predicted molar refractivity (Wildman–Crippen MR) is 111 cm³/mol. The molecular formula is C26H38. The summed E-state index contributed by atoms with van der Waals surface area (Å²) in [6.07, 6.45) is 16.4. The Kier molecular flexibility index (Phi) is 3.59. The Hall–Kier alpha value is -0.780. The van der Waals surface area contributed by atoms with E-state index in [1.165, 1.54) is 69.8 Å². The summed E-state index contributed by atoms with van der Waals surface area (Å²) >= 11 is 0. The van der Waals surface area contributed by atoms with Crippen molar-refractivity contribution in [2.75, 3.05) is 0 Å². The normalized spacial score (nSPS) is 53.3. The van der Waals surface area contributed by atoms with Crippen molar-refractivity contribution in [2.24, 2.45) is 39.9 Å². The molecule has 5 rings (SSSR count). The molecule has 0 aliphatic heterocycles. The monoisotopic (exact) mass is 350 g/mol. The van der Waals surface area contributed by atoms with Crippen LogP contribution in [0.2, 0.25) is 0 Å². The third-order valence-electron chi connectivity index (χ3n) is 10.5. The third-order valence-corrected chi connectivity index (χ3v) is 10.5. The summed E-state index contributed by atoms with van der Waals surface area (Å²) in [6, 6.07) is 0. The molecule has 4 saturated carbocycles. The maximum Gasteiger partial charge on any atom is -0.00788 e. The highest BCUT2D eigenvalue weighted by molar-refractivity contribution is 5.34. The second-order valence-corrected chi connectivity index (χ2v) is 11.4. The van der Waals surface area contributed by atoms with E-state index in [-0.39, 0.29) is 0 Å². The lowest BCUT2D eigenvalue weighted by Crippen LogP contribution is -2.54. The fraction of sp³-hybridized carbons (Fsp3) is 0.769. The van der Waals surface area contributed by atoms with Gasteiger partial charge in [-0.2, -0.15) is 0 Å². The minimum Gasteiger partial charge on any atom is -0.0998 e. The van der Waals surface area contributed by atoms with Crippen molar-refractivity contribution in [2.45, 2.75) is 85.0 Å². The van der Waals surface area contributed by atoms with Gasteiger partial charge in [-0.15, -0.1) is 0 Å². The van der Waals surface area contributed by atoms with Gasteiger partial charge in [0.2, 0.25) is 0 Å². The zero-order valence-electron chi connectivity index (χ0n) is 17.4. The van der Waals surface area contributed by atoms with Crippen molar-refractivity contribution in [1.29, 1.82) is 0 Å². The van der Waals surface area contributed by atoms with Crippen molar-refractivity contribution in [3.63, 3.8) is 0 Å². The van der Waals surface area contributed by atoms with Gasteiger partial charge < -0.3 is 0 Å². The van der Waals surface area contributed by atoms with E-state index in [2.05, 4.69) is 40.0 Å². The number of rotatable bonds is 0. The number of allylic oxidation sites excluding steroid dienone is 4. The Morgan fingerprint density at radius 1 is 0.962 bits per heavy atom. The molecule has 26 heavy (non-hydrogen) atoms. The van der Waals surface area contributed by atoms with E-state index in [4.69, 9.17) is 0 Å². The quantitative estimate of drug-likeness (QED) is 0.397. The molecule has 0 bridgehead atoms. The van der Waals surface area contributed by atoms with Crippen LogP contribution in [0.1, 0.15) is 85.0 Å². The van der Waals surface area contributed by atoms with Gasteiger partial charge >= 0.3 is 0 Å². The van der Waals surface area contributed by atoms with E-state index < -0.39 is 0 Å². The van der Waals surface area contributed by atoms with Gasteiger partial charge in [0.25, 0.3) is 0 Å². The summed E-state index contributed by atoms with van der Waals surface area (Å²) in [4.78, 5) is 0. The Labute approximate surface area is 161 Å².